The quantitative estimate of drug-likeness (QED) is 0.802. The van der Waals surface area contributed by atoms with E-state index in [4.69, 9.17) is 0 Å². The molecule has 0 spiro atoms. The van der Waals surface area contributed by atoms with Crippen LogP contribution in [-0.2, 0) is 19.5 Å². The summed E-state index contributed by atoms with van der Waals surface area (Å²) in [5.41, 5.74) is 0.110. The smallest absolute Gasteiger partial charge is 0.336 e. The van der Waals surface area contributed by atoms with Gasteiger partial charge in [-0.15, -0.1) is 0 Å². The van der Waals surface area contributed by atoms with Crippen molar-refractivity contribution in [1.29, 1.82) is 0 Å². The van der Waals surface area contributed by atoms with E-state index >= 15 is 0 Å². The molecule has 27 heavy (non-hydrogen) atoms. The summed E-state index contributed by atoms with van der Waals surface area (Å²) in [5, 5.41) is 4.46. The third-order valence-corrected chi connectivity index (χ3v) is 5.42. The number of piperazine rings is 1. The van der Waals surface area contributed by atoms with Crippen LogP contribution in [0.2, 0.25) is 0 Å². The zero-order chi connectivity index (χ0) is 18.8. The van der Waals surface area contributed by atoms with Gasteiger partial charge in [-0.2, -0.15) is 5.10 Å². The van der Waals surface area contributed by atoms with Gasteiger partial charge in [0.25, 0.3) is 5.91 Å². The molecule has 2 aliphatic rings. The fourth-order valence-corrected chi connectivity index (χ4v) is 3.81. The summed E-state index contributed by atoms with van der Waals surface area (Å²) in [6.45, 7) is 4.58. The van der Waals surface area contributed by atoms with Crippen LogP contribution in [0.25, 0.3) is 0 Å². The van der Waals surface area contributed by atoms with Crippen molar-refractivity contribution in [3.63, 3.8) is 0 Å². The van der Waals surface area contributed by atoms with E-state index in [0.717, 1.165) is 38.2 Å². The molecule has 1 aromatic heterocycles. The molecule has 0 radical (unpaired) electrons. The number of aromatic nitrogens is 3. The van der Waals surface area contributed by atoms with Gasteiger partial charge in [-0.3, -0.25) is 14.3 Å². The number of amides is 1. The second-order valence-electron chi connectivity index (χ2n) is 7.14. The number of carbonyl (C=O) groups is 1. The lowest BCUT2D eigenvalue weighted by molar-refractivity contribution is 0.0627. The molecule has 1 fully saturated rings. The highest BCUT2D eigenvalue weighted by Gasteiger charge is 2.24. The molecule has 1 amide bonds. The molecule has 0 N–H and O–H groups in total. The fourth-order valence-electron chi connectivity index (χ4n) is 3.81. The number of halogens is 1. The summed E-state index contributed by atoms with van der Waals surface area (Å²) in [6, 6.07) is 6.09. The number of rotatable bonds is 4. The van der Waals surface area contributed by atoms with Crippen LogP contribution < -0.4 is 5.69 Å². The SMILES string of the molecule is O=C(c1ccccc1F)N1CCN(CCn2nc3n(c2=O)CCCC3)CC1. The van der Waals surface area contributed by atoms with Gasteiger partial charge in [-0.25, -0.2) is 13.9 Å². The van der Waals surface area contributed by atoms with E-state index in [0.29, 0.717) is 32.7 Å². The Morgan fingerprint density at radius 3 is 2.56 bits per heavy atom. The zero-order valence-corrected chi connectivity index (χ0v) is 15.3. The Labute approximate surface area is 157 Å². The molecule has 8 heteroatoms. The minimum Gasteiger partial charge on any atom is -0.336 e. The summed E-state index contributed by atoms with van der Waals surface area (Å²) in [6.07, 6.45) is 3.00. The predicted octanol–water partition coefficient (Wildman–Crippen LogP) is 0.978. The zero-order valence-electron chi connectivity index (χ0n) is 15.3. The van der Waals surface area contributed by atoms with E-state index < -0.39 is 5.82 Å². The Hall–Kier alpha value is -2.48. The maximum absolute atomic E-state index is 13.8. The number of aryl methyl sites for hydroxylation is 1. The molecule has 0 atom stereocenters. The highest BCUT2D eigenvalue weighted by Crippen LogP contribution is 2.13. The van der Waals surface area contributed by atoms with Crippen LogP contribution in [0.3, 0.4) is 0 Å². The highest BCUT2D eigenvalue weighted by molar-refractivity contribution is 5.94. The summed E-state index contributed by atoms with van der Waals surface area (Å²) in [5.74, 6) is 0.158. The van der Waals surface area contributed by atoms with Crippen molar-refractivity contribution >= 4 is 5.91 Å². The number of fused-ring (bicyclic) bond motifs is 1. The van der Waals surface area contributed by atoms with Crippen molar-refractivity contribution < 1.29 is 9.18 Å². The normalized spacial score (nSPS) is 17.7. The molecule has 0 bridgehead atoms. The number of carbonyl (C=O) groups excluding carboxylic acids is 1. The van der Waals surface area contributed by atoms with Crippen molar-refractivity contribution in [1.82, 2.24) is 24.1 Å². The monoisotopic (exact) mass is 373 g/mol. The van der Waals surface area contributed by atoms with Crippen molar-refractivity contribution in [2.75, 3.05) is 32.7 Å². The van der Waals surface area contributed by atoms with E-state index in [2.05, 4.69) is 10.00 Å². The first kappa shape index (κ1) is 17.9. The van der Waals surface area contributed by atoms with Crippen LogP contribution in [0.1, 0.15) is 29.0 Å². The Morgan fingerprint density at radius 1 is 1.04 bits per heavy atom. The first-order valence-electron chi connectivity index (χ1n) is 9.56. The Morgan fingerprint density at radius 2 is 1.81 bits per heavy atom. The predicted molar refractivity (Wildman–Crippen MR) is 98.2 cm³/mol. The lowest BCUT2D eigenvalue weighted by atomic mass is 10.1. The van der Waals surface area contributed by atoms with E-state index in [1.807, 2.05) is 0 Å². The molecule has 2 aromatic rings. The van der Waals surface area contributed by atoms with E-state index in [1.54, 1.807) is 26.3 Å². The second kappa shape index (κ2) is 7.64. The maximum atomic E-state index is 13.8. The van der Waals surface area contributed by atoms with Crippen LogP contribution >= 0.6 is 0 Å². The third kappa shape index (κ3) is 3.66. The lowest BCUT2D eigenvalue weighted by Gasteiger charge is -2.34. The standard InChI is InChI=1S/C19H24FN5O2/c20-16-6-2-1-5-15(16)18(26)23-12-9-22(10-13-23)11-14-25-19(27)24-8-4-3-7-17(24)21-25/h1-2,5-6H,3-4,7-14H2. The first-order chi connectivity index (χ1) is 13.1. The number of benzene rings is 1. The van der Waals surface area contributed by atoms with Crippen LogP contribution in [0.4, 0.5) is 4.39 Å². The molecule has 0 unspecified atom stereocenters. The number of nitrogens with zero attached hydrogens (tertiary/aromatic N) is 5. The largest absolute Gasteiger partial charge is 0.345 e. The van der Waals surface area contributed by atoms with Gasteiger partial charge in [0, 0.05) is 45.7 Å². The van der Waals surface area contributed by atoms with Crippen molar-refractivity contribution in [3.05, 3.63) is 52.0 Å². The van der Waals surface area contributed by atoms with Gasteiger partial charge < -0.3 is 4.90 Å². The summed E-state index contributed by atoms with van der Waals surface area (Å²) < 4.78 is 17.2. The topological polar surface area (TPSA) is 63.4 Å². The van der Waals surface area contributed by atoms with E-state index in [-0.39, 0.29) is 17.2 Å². The van der Waals surface area contributed by atoms with Crippen LogP contribution in [0.15, 0.2) is 29.1 Å². The highest BCUT2D eigenvalue weighted by atomic mass is 19.1. The molecule has 4 rings (SSSR count). The molecule has 0 aliphatic carbocycles. The molecule has 1 saturated heterocycles. The van der Waals surface area contributed by atoms with Crippen LogP contribution in [0, 0.1) is 5.82 Å². The van der Waals surface area contributed by atoms with Crippen molar-refractivity contribution in [2.24, 2.45) is 0 Å². The maximum Gasteiger partial charge on any atom is 0.345 e. The van der Waals surface area contributed by atoms with Crippen molar-refractivity contribution in [3.8, 4) is 0 Å². The fraction of sp³-hybridized carbons (Fsp3) is 0.526. The average molecular weight is 373 g/mol. The lowest BCUT2D eigenvalue weighted by Crippen LogP contribution is -2.49. The third-order valence-electron chi connectivity index (χ3n) is 5.42. The second-order valence-corrected chi connectivity index (χ2v) is 7.14. The summed E-state index contributed by atoms with van der Waals surface area (Å²) in [7, 11) is 0. The van der Waals surface area contributed by atoms with Crippen LogP contribution in [-0.4, -0.2) is 62.8 Å². The molecule has 144 valence electrons. The molecular weight excluding hydrogens is 349 g/mol. The minimum absolute atomic E-state index is 0.0157. The Balaban J connectivity index is 1.31. The minimum atomic E-state index is -0.479. The number of hydrogen-bond acceptors (Lipinski definition) is 4. The Bertz CT molecular complexity index is 882. The molecule has 0 saturated carbocycles. The molecule has 2 aliphatic heterocycles. The van der Waals surface area contributed by atoms with Gasteiger partial charge in [0.05, 0.1) is 12.1 Å². The van der Waals surface area contributed by atoms with Crippen molar-refractivity contribution in [2.45, 2.75) is 32.4 Å². The van der Waals surface area contributed by atoms with Gasteiger partial charge in [-0.1, -0.05) is 12.1 Å². The average Bonchev–Trinajstić information content (AvgIpc) is 3.03. The summed E-state index contributed by atoms with van der Waals surface area (Å²) in [4.78, 5) is 28.8. The molecule has 3 heterocycles. The van der Waals surface area contributed by atoms with Gasteiger partial charge in [0.2, 0.25) is 0 Å². The van der Waals surface area contributed by atoms with Gasteiger partial charge in [-0.05, 0) is 25.0 Å². The summed E-state index contributed by atoms with van der Waals surface area (Å²) >= 11 is 0. The van der Waals surface area contributed by atoms with E-state index in [1.165, 1.54) is 12.1 Å². The van der Waals surface area contributed by atoms with E-state index in [9.17, 15) is 14.0 Å². The van der Waals surface area contributed by atoms with Gasteiger partial charge in [0.15, 0.2) is 0 Å². The Kier molecular flexibility index (Phi) is 5.07. The van der Waals surface area contributed by atoms with Crippen LogP contribution in [0.5, 0.6) is 0 Å². The first-order valence-corrected chi connectivity index (χ1v) is 9.56. The molecule has 1 aromatic carbocycles. The molecule has 7 nitrogen and oxygen atoms in total. The van der Waals surface area contributed by atoms with Gasteiger partial charge >= 0.3 is 5.69 Å². The number of hydrogen-bond donors (Lipinski definition) is 0. The van der Waals surface area contributed by atoms with Gasteiger partial charge in [0.1, 0.15) is 11.6 Å². The molecular formula is C19H24FN5O2.